The van der Waals surface area contributed by atoms with Gasteiger partial charge in [0, 0.05) is 19.3 Å². The summed E-state index contributed by atoms with van der Waals surface area (Å²) >= 11 is 1.27. The van der Waals surface area contributed by atoms with E-state index in [1.54, 1.807) is 16.8 Å². The molecule has 168 valence electrons. The number of hydrogen-bond donors (Lipinski definition) is 2. The van der Waals surface area contributed by atoms with E-state index < -0.39 is 0 Å². The second-order valence-electron chi connectivity index (χ2n) is 7.67. The molecule has 2 unspecified atom stereocenters. The predicted octanol–water partition coefficient (Wildman–Crippen LogP) is 2.54. The van der Waals surface area contributed by atoms with Gasteiger partial charge in [0.15, 0.2) is 5.17 Å². The molecule has 2 atom stereocenters. The summed E-state index contributed by atoms with van der Waals surface area (Å²) < 4.78 is 5.52. The fourth-order valence-corrected chi connectivity index (χ4v) is 4.63. The number of nitrogens with one attached hydrogen (secondary N) is 2. The molecule has 0 radical (unpaired) electrons. The quantitative estimate of drug-likeness (QED) is 0.699. The molecular weight excluding hydrogens is 426 g/mol. The third kappa shape index (κ3) is 4.64. The van der Waals surface area contributed by atoms with Crippen LogP contribution in [0.15, 0.2) is 53.5 Å². The Morgan fingerprint density at radius 1 is 1.28 bits per heavy atom. The first kappa shape index (κ1) is 22.3. The molecule has 2 aliphatic heterocycles. The number of aryl methyl sites for hydroxylation is 1. The van der Waals surface area contributed by atoms with Crippen molar-refractivity contribution in [1.29, 1.82) is 0 Å². The van der Waals surface area contributed by atoms with E-state index in [0.29, 0.717) is 24.0 Å². The van der Waals surface area contributed by atoms with Gasteiger partial charge < -0.3 is 9.64 Å². The van der Waals surface area contributed by atoms with E-state index in [9.17, 15) is 9.59 Å². The van der Waals surface area contributed by atoms with Crippen LogP contribution in [0.3, 0.4) is 0 Å². The number of thioether (sulfide) groups is 1. The zero-order valence-corrected chi connectivity index (χ0v) is 19.2. The molecule has 0 spiro atoms. The maximum absolute atomic E-state index is 13.3. The second kappa shape index (κ2) is 9.72. The monoisotopic (exact) mass is 453 g/mol. The summed E-state index contributed by atoms with van der Waals surface area (Å²) in [4.78, 5) is 34.1. The highest BCUT2D eigenvalue weighted by atomic mass is 32.2. The number of ether oxygens (including phenoxy) is 1. The Kier molecular flexibility index (Phi) is 6.78. The third-order valence-electron chi connectivity index (χ3n) is 5.43. The maximum Gasteiger partial charge on any atom is 0.241 e. The van der Waals surface area contributed by atoms with Crippen LogP contribution in [0, 0.1) is 12.8 Å². The number of fused-ring (bicyclic) bond motifs is 1. The van der Waals surface area contributed by atoms with Crippen molar-refractivity contribution < 1.29 is 14.3 Å². The third-order valence-corrected chi connectivity index (χ3v) is 6.36. The number of carbonyl (C=O) groups excluding carboxylic acids is 2. The minimum absolute atomic E-state index is 0.0475. The highest BCUT2D eigenvalue weighted by molar-refractivity contribution is 8.14. The van der Waals surface area contributed by atoms with Crippen molar-refractivity contribution >= 4 is 40.1 Å². The normalized spacial score (nSPS) is 20.0. The van der Waals surface area contributed by atoms with Gasteiger partial charge in [-0.25, -0.2) is 10.4 Å². The largest absolute Gasteiger partial charge is 0.494 e. The zero-order valence-electron chi connectivity index (χ0n) is 18.4. The highest BCUT2D eigenvalue weighted by Gasteiger charge is 2.42. The van der Waals surface area contributed by atoms with Crippen molar-refractivity contribution in [2.75, 3.05) is 35.8 Å². The fourth-order valence-electron chi connectivity index (χ4n) is 3.67. The molecule has 1 saturated heterocycles. The number of anilines is 2. The van der Waals surface area contributed by atoms with Gasteiger partial charge in [-0.1, -0.05) is 23.9 Å². The van der Waals surface area contributed by atoms with E-state index in [1.165, 1.54) is 11.8 Å². The Morgan fingerprint density at radius 2 is 2.06 bits per heavy atom. The van der Waals surface area contributed by atoms with Gasteiger partial charge in [-0.2, -0.15) is 0 Å². The molecule has 0 aliphatic carbocycles. The van der Waals surface area contributed by atoms with Crippen LogP contribution in [-0.4, -0.2) is 49.1 Å². The molecule has 2 aromatic rings. The van der Waals surface area contributed by atoms with Gasteiger partial charge >= 0.3 is 0 Å². The van der Waals surface area contributed by atoms with E-state index in [2.05, 4.69) is 10.9 Å². The fraction of sp³-hybridized carbons (Fsp3) is 0.348. The Bertz CT molecular complexity index is 1030. The summed E-state index contributed by atoms with van der Waals surface area (Å²) in [7, 11) is 1.76. The number of nitrogens with zero attached hydrogens (tertiary/aromatic N) is 3. The molecule has 0 bridgehead atoms. The molecule has 1 fully saturated rings. The number of hydrazine groups is 1. The summed E-state index contributed by atoms with van der Waals surface area (Å²) in [5.41, 5.74) is 8.69. The first-order valence-corrected chi connectivity index (χ1v) is 11.6. The van der Waals surface area contributed by atoms with E-state index >= 15 is 0 Å². The lowest BCUT2D eigenvalue weighted by Gasteiger charge is -2.32. The van der Waals surface area contributed by atoms with E-state index in [-0.39, 0.29) is 29.7 Å². The van der Waals surface area contributed by atoms with Crippen LogP contribution in [-0.2, 0) is 9.59 Å². The van der Waals surface area contributed by atoms with Gasteiger partial charge in [0.25, 0.3) is 0 Å². The van der Waals surface area contributed by atoms with Crippen molar-refractivity contribution in [3.8, 4) is 5.75 Å². The van der Waals surface area contributed by atoms with Gasteiger partial charge in [-0.05, 0) is 55.8 Å². The smallest absolute Gasteiger partial charge is 0.241 e. The molecule has 2 heterocycles. The predicted molar refractivity (Wildman–Crippen MR) is 128 cm³/mol. The Hall–Kier alpha value is -2.88. The number of carbonyl (C=O) groups is 2. The summed E-state index contributed by atoms with van der Waals surface area (Å²) in [5, 5.41) is 0.502. The van der Waals surface area contributed by atoms with Crippen molar-refractivity contribution in [1.82, 2.24) is 10.9 Å². The van der Waals surface area contributed by atoms with Crippen molar-refractivity contribution in [3.05, 3.63) is 54.1 Å². The summed E-state index contributed by atoms with van der Waals surface area (Å²) in [6.07, 6.45) is -0.339. The van der Waals surface area contributed by atoms with Gasteiger partial charge in [0.2, 0.25) is 11.8 Å². The van der Waals surface area contributed by atoms with Crippen molar-refractivity contribution in [3.63, 3.8) is 0 Å². The lowest BCUT2D eigenvalue weighted by atomic mass is 10.0. The molecule has 4 rings (SSSR count). The van der Waals surface area contributed by atoms with Crippen LogP contribution in [0.25, 0.3) is 0 Å². The standard InChI is InChI=1S/C23H27N5O3S/c1-4-31-18-10-8-16(9-11-18)28-22(30)19-13-24-26-21(19)25-23(28)32-14-20(29)27(3)17-7-5-6-15(2)12-17/h5-12,19,21,24,26H,4,13-14H2,1-3H3. The minimum Gasteiger partial charge on any atom is -0.494 e. The Balaban J connectivity index is 1.54. The molecule has 2 aliphatic rings. The molecule has 2 aromatic carbocycles. The van der Waals surface area contributed by atoms with Crippen LogP contribution in [0.5, 0.6) is 5.75 Å². The Morgan fingerprint density at radius 3 is 2.78 bits per heavy atom. The minimum atomic E-state index is -0.339. The molecule has 0 saturated carbocycles. The molecule has 8 nitrogen and oxygen atoms in total. The lowest BCUT2D eigenvalue weighted by Crippen LogP contribution is -2.49. The second-order valence-corrected chi connectivity index (χ2v) is 8.61. The van der Waals surface area contributed by atoms with Gasteiger partial charge in [-0.15, -0.1) is 0 Å². The van der Waals surface area contributed by atoms with E-state index in [0.717, 1.165) is 17.0 Å². The van der Waals surface area contributed by atoms with Crippen molar-refractivity contribution in [2.45, 2.75) is 20.0 Å². The van der Waals surface area contributed by atoms with Crippen LogP contribution >= 0.6 is 11.8 Å². The van der Waals surface area contributed by atoms with Crippen LogP contribution < -0.4 is 25.4 Å². The van der Waals surface area contributed by atoms with Crippen LogP contribution in [0.1, 0.15) is 12.5 Å². The molecule has 0 aromatic heterocycles. The molecule has 32 heavy (non-hydrogen) atoms. The number of benzene rings is 2. The van der Waals surface area contributed by atoms with Gasteiger partial charge in [0.05, 0.1) is 24.0 Å². The maximum atomic E-state index is 13.3. The SMILES string of the molecule is CCOc1ccc(N2C(=O)C3CNNC3N=C2SCC(=O)N(C)c2cccc(C)c2)cc1. The van der Waals surface area contributed by atoms with Crippen LogP contribution in [0.2, 0.25) is 0 Å². The average Bonchev–Trinajstić information content (AvgIpc) is 3.27. The topological polar surface area (TPSA) is 86.3 Å². The van der Waals surface area contributed by atoms with Crippen molar-refractivity contribution in [2.24, 2.45) is 10.9 Å². The molecular formula is C23H27N5O3S. The number of amides is 2. The highest BCUT2D eigenvalue weighted by Crippen LogP contribution is 2.30. The lowest BCUT2D eigenvalue weighted by molar-refractivity contribution is -0.121. The molecule has 2 N–H and O–H groups in total. The Labute approximate surface area is 192 Å². The number of aliphatic imine (C=N–C) groups is 1. The van der Waals surface area contributed by atoms with Crippen LogP contribution in [0.4, 0.5) is 11.4 Å². The van der Waals surface area contributed by atoms with E-state index in [4.69, 9.17) is 9.73 Å². The summed E-state index contributed by atoms with van der Waals surface area (Å²) in [6, 6.07) is 15.2. The molecule has 9 heteroatoms. The average molecular weight is 454 g/mol. The molecule has 2 amide bonds. The first-order valence-electron chi connectivity index (χ1n) is 10.6. The summed E-state index contributed by atoms with van der Waals surface area (Å²) in [5.74, 6) is 0.491. The van der Waals surface area contributed by atoms with Gasteiger partial charge in [-0.3, -0.25) is 19.9 Å². The first-order chi connectivity index (χ1) is 15.5. The van der Waals surface area contributed by atoms with Gasteiger partial charge in [0.1, 0.15) is 11.9 Å². The van der Waals surface area contributed by atoms with E-state index in [1.807, 2.05) is 62.4 Å². The number of hydrogen-bond acceptors (Lipinski definition) is 7. The number of rotatable bonds is 6. The summed E-state index contributed by atoms with van der Waals surface area (Å²) in [6.45, 7) is 5.00. The number of amidine groups is 1. The zero-order chi connectivity index (χ0) is 22.7.